The van der Waals surface area contributed by atoms with Crippen LogP contribution in [0.4, 0.5) is 13.2 Å². The van der Waals surface area contributed by atoms with Crippen molar-refractivity contribution in [2.45, 2.75) is 70.4 Å². The van der Waals surface area contributed by atoms with Crippen molar-refractivity contribution >= 4 is 0 Å². The summed E-state index contributed by atoms with van der Waals surface area (Å²) in [5.74, 6) is 0.492. The molecule has 130 valence electrons. The van der Waals surface area contributed by atoms with Crippen LogP contribution in [0, 0.1) is 11.8 Å². The molecule has 0 aromatic carbocycles. The van der Waals surface area contributed by atoms with Gasteiger partial charge in [0.15, 0.2) is 6.29 Å². The van der Waals surface area contributed by atoms with Gasteiger partial charge in [-0.1, -0.05) is 0 Å². The highest BCUT2D eigenvalue weighted by atomic mass is 19.4. The van der Waals surface area contributed by atoms with Gasteiger partial charge in [-0.3, -0.25) is 0 Å². The van der Waals surface area contributed by atoms with Crippen LogP contribution in [0.15, 0.2) is 0 Å². The largest absolute Gasteiger partial charge is 0.389 e. The minimum absolute atomic E-state index is 0.0957. The fourth-order valence-corrected chi connectivity index (χ4v) is 3.35. The number of rotatable bonds is 6. The standard InChI is InChI=1S/C16H27F3O3/c1-2-20-14-7-5-13(6-8-14)15-21-10-12(11-22-15)4-3-9-16(17,18)19/h12-15H,2-11H2,1H3. The Balaban J connectivity index is 1.61. The van der Waals surface area contributed by atoms with Crippen LogP contribution in [-0.4, -0.2) is 38.4 Å². The maximum atomic E-state index is 12.1. The van der Waals surface area contributed by atoms with Gasteiger partial charge in [-0.2, -0.15) is 13.2 Å². The molecule has 1 saturated heterocycles. The Morgan fingerprint density at radius 1 is 1.05 bits per heavy atom. The molecule has 0 aromatic heterocycles. The normalized spacial score (nSPS) is 33.8. The molecule has 2 fully saturated rings. The first kappa shape index (κ1) is 18.0. The predicted octanol–water partition coefficient (Wildman–Crippen LogP) is 4.30. The summed E-state index contributed by atoms with van der Waals surface area (Å²) in [5.41, 5.74) is 0. The molecular formula is C16H27F3O3. The third-order valence-electron chi connectivity index (χ3n) is 4.57. The zero-order chi connectivity index (χ0) is 16.0. The Morgan fingerprint density at radius 2 is 1.68 bits per heavy atom. The van der Waals surface area contributed by atoms with E-state index in [0.29, 0.717) is 31.7 Å². The molecule has 0 amide bonds. The minimum atomic E-state index is -4.06. The fraction of sp³-hybridized carbons (Fsp3) is 1.00. The average molecular weight is 324 g/mol. The second-order valence-electron chi connectivity index (χ2n) is 6.40. The molecule has 1 aliphatic heterocycles. The molecule has 0 bridgehead atoms. The summed E-state index contributed by atoms with van der Waals surface area (Å²) in [6.07, 6.45) is 0.234. The van der Waals surface area contributed by atoms with E-state index in [9.17, 15) is 13.2 Å². The molecular weight excluding hydrogens is 297 g/mol. The van der Waals surface area contributed by atoms with Gasteiger partial charge in [0.2, 0.25) is 0 Å². The predicted molar refractivity (Wildman–Crippen MR) is 76.5 cm³/mol. The van der Waals surface area contributed by atoms with Gasteiger partial charge in [-0.05, 0) is 45.4 Å². The Bertz CT molecular complexity index is 306. The van der Waals surface area contributed by atoms with Crippen molar-refractivity contribution in [3.63, 3.8) is 0 Å². The molecule has 0 unspecified atom stereocenters. The molecule has 1 heterocycles. The monoisotopic (exact) mass is 324 g/mol. The summed E-state index contributed by atoms with van der Waals surface area (Å²) in [6.45, 7) is 3.81. The van der Waals surface area contributed by atoms with E-state index in [4.69, 9.17) is 14.2 Å². The molecule has 0 N–H and O–H groups in total. The van der Waals surface area contributed by atoms with E-state index < -0.39 is 12.6 Å². The number of alkyl halides is 3. The van der Waals surface area contributed by atoms with Gasteiger partial charge in [0.1, 0.15) is 0 Å². The first-order valence-corrected chi connectivity index (χ1v) is 8.39. The molecule has 0 aromatic rings. The summed E-state index contributed by atoms with van der Waals surface area (Å²) in [4.78, 5) is 0. The maximum Gasteiger partial charge on any atom is 0.389 e. The van der Waals surface area contributed by atoms with Crippen LogP contribution in [-0.2, 0) is 14.2 Å². The van der Waals surface area contributed by atoms with Gasteiger partial charge < -0.3 is 14.2 Å². The van der Waals surface area contributed by atoms with Gasteiger partial charge in [0, 0.05) is 24.9 Å². The van der Waals surface area contributed by atoms with Crippen LogP contribution in [0.5, 0.6) is 0 Å². The van der Waals surface area contributed by atoms with E-state index in [-0.39, 0.29) is 18.6 Å². The van der Waals surface area contributed by atoms with Crippen molar-refractivity contribution in [3.05, 3.63) is 0 Å². The Morgan fingerprint density at radius 3 is 2.23 bits per heavy atom. The third kappa shape index (κ3) is 6.05. The number of ether oxygens (including phenoxy) is 3. The Kier molecular flexibility index (Phi) is 6.96. The van der Waals surface area contributed by atoms with Crippen LogP contribution >= 0.6 is 0 Å². The lowest BCUT2D eigenvalue weighted by atomic mass is 9.86. The molecule has 3 nitrogen and oxygen atoms in total. The van der Waals surface area contributed by atoms with Crippen molar-refractivity contribution in [2.24, 2.45) is 11.8 Å². The smallest absolute Gasteiger partial charge is 0.379 e. The van der Waals surface area contributed by atoms with Gasteiger partial charge in [-0.15, -0.1) is 0 Å². The number of hydrogen-bond acceptors (Lipinski definition) is 3. The van der Waals surface area contributed by atoms with Gasteiger partial charge in [0.25, 0.3) is 0 Å². The highest BCUT2D eigenvalue weighted by Crippen LogP contribution is 2.33. The van der Waals surface area contributed by atoms with E-state index in [0.717, 1.165) is 32.3 Å². The zero-order valence-corrected chi connectivity index (χ0v) is 13.2. The number of halogens is 3. The zero-order valence-electron chi connectivity index (χ0n) is 13.2. The third-order valence-corrected chi connectivity index (χ3v) is 4.57. The highest BCUT2D eigenvalue weighted by Gasteiger charge is 2.33. The van der Waals surface area contributed by atoms with E-state index in [1.807, 2.05) is 6.92 Å². The SMILES string of the molecule is CCOC1CCC(C2OCC(CCCC(F)(F)F)CO2)CC1. The summed E-state index contributed by atoms with van der Waals surface area (Å²) in [5, 5.41) is 0. The average Bonchev–Trinajstić information content (AvgIpc) is 2.48. The Hall–Kier alpha value is -0.330. The lowest BCUT2D eigenvalue weighted by molar-refractivity contribution is -0.232. The fourth-order valence-electron chi connectivity index (χ4n) is 3.35. The van der Waals surface area contributed by atoms with Crippen LogP contribution in [0.25, 0.3) is 0 Å². The van der Waals surface area contributed by atoms with Crippen molar-refractivity contribution < 1.29 is 27.4 Å². The first-order valence-electron chi connectivity index (χ1n) is 8.39. The van der Waals surface area contributed by atoms with Gasteiger partial charge >= 0.3 is 6.18 Å². The maximum absolute atomic E-state index is 12.1. The minimum Gasteiger partial charge on any atom is -0.379 e. The van der Waals surface area contributed by atoms with E-state index in [1.54, 1.807) is 0 Å². The van der Waals surface area contributed by atoms with Crippen LogP contribution in [0.1, 0.15) is 51.9 Å². The van der Waals surface area contributed by atoms with Crippen molar-refractivity contribution in [2.75, 3.05) is 19.8 Å². The summed E-state index contributed by atoms with van der Waals surface area (Å²) >= 11 is 0. The molecule has 0 spiro atoms. The lowest BCUT2D eigenvalue weighted by Gasteiger charge is -2.37. The van der Waals surface area contributed by atoms with Crippen molar-refractivity contribution in [3.8, 4) is 0 Å². The molecule has 6 heteroatoms. The summed E-state index contributed by atoms with van der Waals surface area (Å²) in [7, 11) is 0. The quantitative estimate of drug-likeness (QED) is 0.729. The van der Waals surface area contributed by atoms with E-state index >= 15 is 0 Å². The molecule has 2 rings (SSSR count). The second-order valence-corrected chi connectivity index (χ2v) is 6.40. The lowest BCUT2D eigenvalue weighted by Crippen LogP contribution is -2.39. The Labute approximate surface area is 130 Å². The molecule has 1 saturated carbocycles. The van der Waals surface area contributed by atoms with Crippen molar-refractivity contribution in [1.82, 2.24) is 0 Å². The topological polar surface area (TPSA) is 27.7 Å². The van der Waals surface area contributed by atoms with Crippen LogP contribution in [0.3, 0.4) is 0 Å². The molecule has 22 heavy (non-hydrogen) atoms. The van der Waals surface area contributed by atoms with Crippen LogP contribution < -0.4 is 0 Å². The molecule has 0 atom stereocenters. The summed E-state index contributed by atoms with van der Waals surface area (Å²) in [6, 6.07) is 0. The van der Waals surface area contributed by atoms with Gasteiger partial charge in [-0.25, -0.2) is 0 Å². The van der Waals surface area contributed by atoms with E-state index in [1.165, 1.54) is 0 Å². The first-order chi connectivity index (χ1) is 10.5. The van der Waals surface area contributed by atoms with E-state index in [2.05, 4.69) is 0 Å². The molecule has 0 radical (unpaired) electrons. The van der Waals surface area contributed by atoms with Crippen molar-refractivity contribution in [1.29, 1.82) is 0 Å². The van der Waals surface area contributed by atoms with Gasteiger partial charge in [0.05, 0.1) is 19.3 Å². The molecule has 2 aliphatic rings. The number of hydrogen-bond donors (Lipinski definition) is 0. The van der Waals surface area contributed by atoms with Crippen LogP contribution in [0.2, 0.25) is 0 Å². The highest BCUT2D eigenvalue weighted by molar-refractivity contribution is 4.77. The molecule has 1 aliphatic carbocycles. The second kappa shape index (κ2) is 8.50. The summed E-state index contributed by atoms with van der Waals surface area (Å²) < 4.78 is 53.5.